The van der Waals surface area contributed by atoms with Crippen LogP contribution in [0.25, 0.3) is 0 Å². The summed E-state index contributed by atoms with van der Waals surface area (Å²) in [6.07, 6.45) is 0. The Balaban J connectivity index is 1.97. The van der Waals surface area contributed by atoms with Gasteiger partial charge in [0.1, 0.15) is 17.2 Å². The molecular formula is C16H16BrNO4. The van der Waals surface area contributed by atoms with Gasteiger partial charge in [-0.2, -0.15) is 0 Å². The third-order valence-electron chi connectivity index (χ3n) is 2.80. The van der Waals surface area contributed by atoms with Gasteiger partial charge in [0.15, 0.2) is 6.61 Å². The SMILES string of the molecule is COc1cc(NC(=O)COc2cccc(Br)c2)cc(OC)c1. The molecule has 0 fully saturated rings. The highest BCUT2D eigenvalue weighted by Crippen LogP contribution is 2.25. The van der Waals surface area contributed by atoms with Crippen LogP contribution in [0.4, 0.5) is 5.69 Å². The Hall–Kier alpha value is -2.21. The molecule has 1 N–H and O–H groups in total. The summed E-state index contributed by atoms with van der Waals surface area (Å²) in [6.45, 7) is -0.0873. The van der Waals surface area contributed by atoms with E-state index in [0.717, 1.165) is 4.47 Å². The lowest BCUT2D eigenvalue weighted by molar-refractivity contribution is -0.118. The molecule has 1 amide bonds. The molecule has 2 aromatic carbocycles. The summed E-state index contributed by atoms with van der Waals surface area (Å²) >= 11 is 3.35. The van der Waals surface area contributed by atoms with Crippen molar-refractivity contribution in [2.75, 3.05) is 26.1 Å². The third kappa shape index (κ3) is 4.66. The molecule has 0 atom stereocenters. The van der Waals surface area contributed by atoms with Crippen molar-refractivity contribution in [1.82, 2.24) is 0 Å². The zero-order valence-electron chi connectivity index (χ0n) is 12.3. The van der Waals surface area contributed by atoms with Crippen molar-refractivity contribution in [2.45, 2.75) is 0 Å². The first-order chi connectivity index (χ1) is 10.6. The minimum absolute atomic E-state index is 0.0873. The van der Waals surface area contributed by atoms with Crippen LogP contribution >= 0.6 is 15.9 Å². The number of hydrogen-bond acceptors (Lipinski definition) is 4. The van der Waals surface area contributed by atoms with E-state index in [-0.39, 0.29) is 12.5 Å². The number of nitrogens with one attached hydrogen (secondary N) is 1. The van der Waals surface area contributed by atoms with Crippen molar-refractivity contribution in [3.63, 3.8) is 0 Å². The fraction of sp³-hybridized carbons (Fsp3) is 0.188. The van der Waals surface area contributed by atoms with E-state index in [1.807, 2.05) is 12.1 Å². The van der Waals surface area contributed by atoms with E-state index >= 15 is 0 Å². The molecule has 0 heterocycles. The fourth-order valence-corrected chi connectivity index (χ4v) is 2.16. The molecule has 0 aliphatic rings. The summed E-state index contributed by atoms with van der Waals surface area (Å²) < 4.78 is 16.6. The maximum absolute atomic E-state index is 11.9. The van der Waals surface area contributed by atoms with Gasteiger partial charge in [-0.15, -0.1) is 0 Å². The van der Waals surface area contributed by atoms with Gasteiger partial charge in [0.2, 0.25) is 0 Å². The number of rotatable bonds is 6. The van der Waals surface area contributed by atoms with E-state index in [1.165, 1.54) is 0 Å². The molecule has 0 saturated carbocycles. The summed E-state index contributed by atoms with van der Waals surface area (Å²) in [4.78, 5) is 11.9. The van der Waals surface area contributed by atoms with Gasteiger partial charge in [0, 0.05) is 28.4 Å². The molecule has 0 spiro atoms. The average Bonchev–Trinajstić information content (AvgIpc) is 2.52. The number of carbonyl (C=O) groups is 1. The molecule has 2 rings (SSSR count). The van der Waals surface area contributed by atoms with Crippen LogP contribution in [0.1, 0.15) is 0 Å². The Bertz CT molecular complexity index is 638. The normalized spacial score (nSPS) is 9.95. The predicted octanol–water partition coefficient (Wildman–Crippen LogP) is 3.48. The second kappa shape index (κ2) is 7.70. The van der Waals surface area contributed by atoms with Crippen molar-refractivity contribution < 1.29 is 19.0 Å². The lowest BCUT2D eigenvalue weighted by Gasteiger charge is -2.10. The topological polar surface area (TPSA) is 56.8 Å². The number of anilines is 1. The lowest BCUT2D eigenvalue weighted by Crippen LogP contribution is -2.20. The molecule has 0 aromatic heterocycles. The van der Waals surface area contributed by atoms with Crippen LogP contribution in [0.5, 0.6) is 17.2 Å². The van der Waals surface area contributed by atoms with Gasteiger partial charge < -0.3 is 19.5 Å². The van der Waals surface area contributed by atoms with E-state index in [4.69, 9.17) is 14.2 Å². The Morgan fingerprint density at radius 1 is 1.05 bits per heavy atom. The van der Waals surface area contributed by atoms with Crippen molar-refractivity contribution in [2.24, 2.45) is 0 Å². The smallest absolute Gasteiger partial charge is 0.262 e. The molecule has 6 heteroatoms. The minimum atomic E-state index is -0.268. The molecular weight excluding hydrogens is 350 g/mol. The van der Waals surface area contributed by atoms with Crippen LogP contribution < -0.4 is 19.5 Å². The van der Waals surface area contributed by atoms with E-state index < -0.39 is 0 Å². The predicted molar refractivity (Wildman–Crippen MR) is 87.8 cm³/mol. The van der Waals surface area contributed by atoms with Gasteiger partial charge in [0.25, 0.3) is 5.91 Å². The van der Waals surface area contributed by atoms with Crippen LogP contribution in [-0.2, 0) is 4.79 Å². The van der Waals surface area contributed by atoms with Crippen molar-refractivity contribution >= 4 is 27.5 Å². The van der Waals surface area contributed by atoms with Crippen molar-refractivity contribution in [1.29, 1.82) is 0 Å². The first kappa shape index (κ1) is 16.2. The summed E-state index contributed by atoms with van der Waals surface area (Å²) in [6, 6.07) is 12.4. The molecule has 5 nitrogen and oxygen atoms in total. The first-order valence-corrected chi connectivity index (χ1v) is 7.31. The number of amides is 1. The number of hydrogen-bond donors (Lipinski definition) is 1. The lowest BCUT2D eigenvalue weighted by atomic mass is 10.2. The Kier molecular flexibility index (Phi) is 5.66. The van der Waals surface area contributed by atoms with Gasteiger partial charge >= 0.3 is 0 Å². The number of carbonyl (C=O) groups excluding carboxylic acids is 1. The average molecular weight is 366 g/mol. The highest BCUT2D eigenvalue weighted by atomic mass is 79.9. The van der Waals surface area contributed by atoms with Gasteiger partial charge in [-0.1, -0.05) is 22.0 Å². The van der Waals surface area contributed by atoms with Gasteiger partial charge in [0.05, 0.1) is 14.2 Å². The monoisotopic (exact) mass is 365 g/mol. The molecule has 116 valence electrons. The Morgan fingerprint density at radius 2 is 1.73 bits per heavy atom. The second-order valence-corrected chi connectivity index (χ2v) is 5.31. The van der Waals surface area contributed by atoms with Crippen LogP contribution in [0, 0.1) is 0 Å². The van der Waals surface area contributed by atoms with Gasteiger partial charge in [-0.25, -0.2) is 0 Å². The number of benzene rings is 2. The zero-order valence-corrected chi connectivity index (χ0v) is 13.8. The molecule has 0 bridgehead atoms. The van der Waals surface area contributed by atoms with E-state index in [9.17, 15) is 4.79 Å². The molecule has 0 unspecified atom stereocenters. The molecule has 0 aliphatic carbocycles. The summed E-state index contributed by atoms with van der Waals surface area (Å²) in [5.41, 5.74) is 0.582. The number of halogens is 1. The Labute approximate surface area is 137 Å². The van der Waals surface area contributed by atoms with Crippen molar-refractivity contribution in [3.8, 4) is 17.2 Å². The van der Waals surface area contributed by atoms with E-state index in [0.29, 0.717) is 22.9 Å². The van der Waals surface area contributed by atoms with Crippen LogP contribution in [0.2, 0.25) is 0 Å². The summed E-state index contributed by atoms with van der Waals surface area (Å²) in [5, 5.41) is 2.74. The van der Waals surface area contributed by atoms with E-state index in [2.05, 4.69) is 21.2 Å². The molecule has 22 heavy (non-hydrogen) atoms. The largest absolute Gasteiger partial charge is 0.497 e. The molecule has 0 saturated heterocycles. The van der Waals surface area contributed by atoms with Gasteiger partial charge in [-0.3, -0.25) is 4.79 Å². The highest BCUT2D eigenvalue weighted by Gasteiger charge is 2.07. The van der Waals surface area contributed by atoms with Crippen LogP contribution in [-0.4, -0.2) is 26.7 Å². The molecule has 0 radical (unpaired) electrons. The minimum Gasteiger partial charge on any atom is -0.497 e. The summed E-state index contributed by atoms with van der Waals surface area (Å²) in [7, 11) is 3.10. The van der Waals surface area contributed by atoms with Crippen LogP contribution in [0.3, 0.4) is 0 Å². The highest BCUT2D eigenvalue weighted by molar-refractivity contribution is 9.10. The molecule has 2 aromatic rings. The van der Waals surface area contributed by atoms with Crippen LogP contribution in [0.15, 0.2) is 46.9 Å². The standard InChI is InChI=1S/C16H16BrNO4/c1-20-14-7-12(8-15(9-14)21-2)18-16(19)10-22-13-5-3-4-11(17)6-13/h3-9H,10H2,1-2H3,(H,18,19). The second-order valence-electron chi connectivity index (χ2n) is 4.40. The number of ether oxygens (including phenoxy) is 3. The quantitative estimate of drug-likeness (QED) is 0.851. The Morgan fingerprint density at radius 3 is 2.32 bits per heavy atom. The van der Waals surface area contributed by atoms with Crippen molar-refractivity contribution in [3.05, 3.63) is 46.9 Å². The molecule has 0 aliphatic heterocycles. The third-order valence-corrected chi connectivity index (χ3v) is 3.29. The van der Waals surface area contributed by atoms with Gasteiger partial charge in [-0.05, 0) is 18.2 Å². The number of methoxy groups -OCH3 is 2. The fourth-order valence-electron chi connectivity index (χ4n) is 1.78. The zero-order chi connectivity index (χ0) is 15.9. The summed E-state index contributed by atoms with van der Waals surface area (Å²) in [5.74, 6) is 1.55. The van der Waals surface area contributed by atoms with E-state index in [1.54, 1.807) is 44.6 Å². The first-order valence-electron chi connectivity index (χ1n) is 6.52. The maximum Gasteiger partial charge on any atom is 0.262 e. The maximum atomic E-state index is 11.9.